The molecule has 118 valence electrons. The Morgan fingerprint density at radius 2 is 2.09 bits per heavy atom. The van der Waals surface area contributed by atoms with Crippen LogP contribution < -0.4 is 0 Å². The van der Waals surface area contributed by atoms with Gasteiger partial charge in [0.05, 0.1) is 6.04 Å². The fourth-order valence-corrected chi connectivity index (χ4v) is 2.40. The summed E-state index contributed by atoms with van der Waals surface area (Å²) in [7, 11) is 3.35. The molecule has 5 heteroatoms. The van der Waals surface area contributed by atoms with Crippen LogP contribution in [0.5, 0.6) is 0 Å². The highest BCUT2D eigenvalue weighted by molar-refractivity contribution is 5.92. The lowest BCUT2D eigenvalue weighted by Gasteiger charge is -2.26. The van der Waals surface area contributed by atoms with Crippen LogP contribution in [0.3, 0.4) is 0 Å². The average Bonchev–Trinajstić information content (AvgIpc) is 2.96. The number of hydrogen-bond donors (Lipinski definition) is 0. The van der Waals surface area contributed by atoms with Crippen molar-refractivity contribution in [2.45, 2.75) is 33.4 Å². The lowest BCUT2D eigenvalue weighted by Crippen LogP contribution is -2.30. The second-order valence-corrected chi connectivity index (χ2v) is 5.56. The average molecular weight is 302 g/mol. The van der Waals surface area contributed by atoms with Crippen molar-refractivity contribution in [3.05, 3.63) is 52.4 Å². The molecule has 1 atom stereocenters. The molecule has 0 fully saturated rings. The number of ether oxygens (including phenoxy) is 1. The molecular weight excluding hydrogens is 280 g/mol. The Bertz CT molecular complexity index is 664. The number of methoxy groups -OCH3 is 1. The van der Waals surface area contributed by atoms with Crippen LogP contribution in [-0.2, 0) is 11.3 Å². The maximum atomic E-state index is 12.5. The third-order valence-corrected chi connectivity index (χ3v) is 3.85. The van der Waals surface area contributed by atoms with E-state index in [-0.39, 0.29) is 11.9 Å². The van der Waals surface area contributed by atoms with E-state index in [9.17, 15) is 4.79 Å². The van der Waals surface area contributed by atoms with Gasteiger partial charge in [-0.05, 0) is 31.9 Å². The van der Waals surface area contributed by atoms with E-state index >= 15 is 0 Å². The van der Waals surface area contributed by atoms with Gasteiger partial charge in [0.1, 0.15) is 6.61 Å². The number of hydrogen-bond acceptors (Lipinski definition) is 4. The predicted molar refractivity (Wildman–Crippen MR) is 83.6 cm³/mol. The van der Waals surface area contributed by atoms with E-state index in [1.165, 1.54) is 5.56 Å². The highest BCUT2D eigenvalue weighted by atomic mass is 16.5. The number of amides is 1. The fraction of sp³-hybridized carbons (Fsp3) is 0.412. The van der Waals surface area contributed by atoms with Crippen LogP contribution >= 0.6 is 0 Å². The van der Waals surface area contributed by atoms with Gasteiger partial charge in [-0.2, -0.15) is 0 Å². The minimum atomic E-state index is -0.167. The van der Waals surface area contributed by atoms with Crippen molar-refractivity contribution in [3.8, 4) is 0 Å². The highest BCUT2D eigenvalue weighted by Crippen LogP contribution is 2.24. The van der Waals surface area contributed by atoms with E-state index in [2.05, 4.69) is 30.3 Å². The third kappa shape index (κ3) is 3.36. The van der Waals surface area contributed by atoms with Crippen molar-refractivity contribution in [2.24, 2.45) is 0 Å². The van der Waals surface area contributed by atoms with E-state index in [0.29, 0.717) is 18.1 Å². The summed E-state index contributed by atoms with van der Waals surface area (Å²) in [5.41, 5.74) is 3.78. The monoisotopic (exact) mass is 302 g/mol. The van der Waals surface area contributed by atoms with E-state index in [4.69, 9.17) is 9.26 Å². The number of nitrogens with zero attached hydrogens (tertiary/aromatic N) is 2. The second-order valence-electron chi connectivity index (χ2n) is 5.56. The zero-order valence-electron chi connectivity index (χ0n) is 13.7. The van der Waals surface area contributed by atoms with Gasteiger partial charge in [-0.25, -0.2) is 0 Å². The Balaban J connectivity index is 2.20. The Kier molecular flexibility index (Phi) is 4.98. The van der Waals surface area contributed by atoms with Gasteiger partial charge in [0.25, 0.3) is 5.91 Å². The zero-order valence-corrected chi connectivity index (χ0v) is 13.7. The molecule has 2 aromatic rings. The molecule has 0 N–H and O–H groups in total. The van der Waals surface area contributed by atoms with Crippen LogP contribution in [0, 0.1) is 13.8 Å². The topological polar surface area (TPSA) is 55.6 Å². The molecule has 5 nitrogen and oxygen atoms in total. The molecule has 0 unspecified atom stereocenters. The number of aryl methyl sites for hydroxylation is 2. The van der Waals surface area contributed by atoms with Crippen molar-refractivity contribution in [3.63, 3.8) is 0 Å². The van der Waals surface area contributed by atoms with Crippen LogP contribution in [0.4, 0.5) is 0 Å². The lowest BCUT2D eigenvalue weighted by atomic mass is 9.99. The molecule has 22 heavy (non-hydrogen) atoms. The Morgan fingerprint density at radius 1 is 1.36 bits per heavy atom. The van der Waals surface area contributed by atoms with Gasteiger partial charge in [-0.3, -0.25) is 4.79 Å². The molecule has 0 aliphatic carbocycles. The zero-order chi connectivity index (χ0) is 16.3. The van der Waals surface area contributed by atoms with Crippen molar-refractivity contribution in [1.82, 2.24) is 10.1 Å². The molecule has 1 amide bonds. The van der Waals surface area contributed by atoms with E-state index < -0.39 is 0 Å². The molecule has 0 saturated carbocycles. The van der Waals surface area contributed by atoms with Crippen molar-refractivity contribution in [2.75, 3.05) is 14.2 Å². The number of carbonyl (C=O) groups excluding carboxylic acids is 1. The van der Waals surface area contributed by atoms with Crippen LogP contribution in [0.15, 0.2) is 28.8 Å². The predicted octanol–water partition coefficient (Wildman–Crippen LogP) is 3.27. The molecular formula is C17H22N2O3. The Morgan fingerprint density at radius 3 is 2.77 bits per heavy atom. The summed E-state index contributed by atoms with van der Waals surface area (Å²) in [4.78, 5) is 14.2. The Hall–Kier alpha value is -2.14. The molecule has 0 aliphatic rings. The lowest BCUT2D eigenvalue weighted by molar-refractivity contribution is 0.0731. The summed E-state index contributed by atoms with van der Waals surface area (Å²) in [5, 5.41) is 3.83. The van der Waals surface area contributed by atoms with E-state index in [1.54, 1.807) is 25.1 Å². The van der Waals surface area contributed by atoms with Gasteiger partial charge in [0, 0.05) is 20.2 Å². The molecule has 2 rings (SSSR count). The first-order valence-corrected chi connectivity index (χ1v) is 7.23. The maximum absolute atomic E-state index is 12.5. The van der Waals surface area contributed by atoms with Gasteiger partial charge in [-0.15, -0.1) is 0 Å². The minimum Gasteiger partial charge on any atom is -0.377 e. The number of carbonyl (C=O) groups is 1. The largest absolute Gasteiger partial charge is 0.377 e. The Labute approximate surface area is 130 Å². The molecule has 0 aliphatic heterocycles. The molecule has 0 bridgehead atoms. The van der Waals surface area contributed by atoms with Crippen LogP contribution in [0.25, 0.3) is 0 Å². The van der Waals surface area contributed by atoms with Gasteiger partial charge in [0.15, 0.2) is 11.5 Å². The van der Waals surface area contributed by atoms with Crippen molar-refractivity contribution in [1.29, 1.82) is 0 Å². The highest BCUT2D eigenvalue weighted by Gasteiger charge is 2.23. The van der Waals surface area contributed by atoms with Gasteiger partial charge >= 0.3 is 0 Å². The van der Waals surface area contributed by atoms with Crippen LogP contribution in [-0.4, -0.2) is 30.1 Å². The SMILES string of the molecule is COCc1cc(C(=O)N(C)[C@@H](C)c2cc(C)ccc2C)no1. The molecule has 0 radical (unpaired) electrons. The first-order chi connectivity index (χ1) is 10.4. The van der Waals surface area contributed by atoms with Crippen molar-refractivity contribution >= 4 is 5.91 Å². The number of benzene rings is 1. The standard InChI is InChI=1S/C17H22N2O3/c1-11-6-7-12(2)15(8-11)13(3)19(4)17(20)16-9-14(10-21-5)22-18-16/h6-9,13H,10H2,1-5H3/t13-/m0/s1. The fourth-order valence-electron chi connectivity index (χ4n) is 2.40. The molecule has 1 heterocycles. The maximum Gasteiger partial charge on any atom is 0.276 e. The minimum absolute atomic E-state index is 0.0463. The number of aromatic nitrogens is 1. The first-order valence-electron chi connectivity index (χ1n) is 7.23. The quantitative estimate of drug-likeness (QED) is 0.850. The number of rotatable bonds is 5. The summed E-state index contributed by atoms with van der Waals surface area (Å²) >= 11 is 0. The third-order valence-electron chi connectivity index (χ3n) is 3.85. The summed E-state index contributed by atoms with van der Waals surface area (Å²) in [6.07, 6.45) is 0. The summed E-state index contributed by atoms with van der Waals surface area (Å²) in [6.45, 7) is 6.41. The van der Waals surface area contributed by atoms with E-state index in [1.807, 2.05) is 13.8 Å². The van der Waals surface area contributed by atoms with Crippen molar-refractivity contribution < 1.29 is 14.1 Å². The van der Waals surface area contributed by atoms with Gasteiger partial charge in [0.2, 0.25) is 0 Å². The second kappa shape index (κ2) is 6.75. The molecule has 1 aromatic carbocycles. The molecule has 0 spiro atoms. The summed E-state index contributed by atoms with van der Waals surface area (Å²) in [5.74, 6) is 0.373. The summed E-state index contributed by atoms with van der Waals surface area (Å²) < 4.78 is 10.1. The molecule has 1 aromatic heterocycles. The molecule has 0 saturated heterocycles. The first kappa shape index (κ1) is 16.2. The van der Waals surface area contributed by atoms with Crippen LogP contribution in [0.1, 0.15) is 45.9 Å². The van der Waals surface area contributed by atoms with Crippen LogP contribution in [0.2, 0.25) is 0 Å². The van der Waals surface area contributed by atoms with Gasteiger partial charge < -0.3 is 14.2 Å². The summed E-state index contributed by atoms with van der Waals surface area (Å²) in [6, 6.07) is 7.84. The van der Waals surface area contributed by atoms with E-state index in [0.717, 1.165) is 11.1 Å². The smallest absolute Gasteiger partial charge is 0.276 e. The normalized spacial score (nSPS) is 12.2. The van der Waals surface area contributed by atoms with Gasteiger partial charge in [-0.1, -0.05) is 28.9 Å².